The molecule has 0 atom stereocenters. The van der Waals surface area contributed by atoms with Crippen LogP contribution in [0.2, 0.25) is 0 Å². The summed E-state index contributed by atoms with van der Waals surface area (Å²) in [5.74, 6) is 0. The molecule has 90 valence electrons. The van der Waals surface area contributed by atoms with Gasteiger partial charge in [0.05, 0.1) is 0 Å². The Morgan fingerprint density at radius 3 is 0.625 bits per heavy atom. The van der Waals surface area contributed by atoms with Crippen LogP contribution < -0.4 is 0 Å². The van der Waals surface area contributed by atoms with Gasteiger partial charge >= 0.3 is 94.4 Å². The van der Waals surface area contributed by atoms with Gasteiger partial charge in [0.1, 0.15) is 0 Å². The Kier molecular flexibility index (Phi) is 3.92. The van der Waals surface area contributed by atoms with Crippen molar-refractivity contribution in [3.8, 4) is 0 Å². The van der Waals surface area contributed by atoms with Crippen molar-refractivity contribution in [3.05, 3.63) is 0 Å². The predicted octanol–water partition coefficient (Wildman–Crippen LogP) is 0.408. The van der Waals surface area contributed by atoms with Gasteiger partial charge in [-0.1, -0.05) is 0 Å². The Morgan fingerprint density at radius 1 is 0.500 bits per heavy atom. The minimum atomic E-state index is -6.04. The number of rotatable bonds is 5. The van der Waals surface area contributed by atoms with Crippen molar-refractivity contribution in [2.24, 2.45) is 0 Å². The van der Waals surface area contributed by atoms with Gasteiger partial charge in [-0.05, 0) is 0 Å². The van der Waals surface area contributed by atoms with Crippen LogP contribution in [-0.2, 0) is 39.8 Å². The van der Waals surface area contributed by atoms with E-state index in [0.717, 1.165) is 34.6 Å². The van der Waals surface area contributed by atoms with Gasteiger partial charge in [-0.3, -0.25) is 0 Å². The normalized spacial score (nSPS) is 13.4. The SMILES string of the molecule is C[C](=O)[Ta]([C](C)=O)([C](C)=O)([C](C)=O)[C](C)=O. The zero-order chi connectivity index (χ0) is 13.3. The first-order chi connectivity index (χ1) is 7.06. The van der Waals surface area contributed by atoms with Gasteiger partial charge < -0.3 is 0 Å². The monoisotopic (exact) mass is 396 g/mol. The van der Waals surface area contributed by atoms with Crippen LogP contribution in [0.5, 0.6) is 0 Å². The molecule has 5 nitrogen and oxygen atoms in total. The fourth-order valence-electron chi connectivity index (χ4n) is 2.22. The summed E-state index contributed by atoms with van der Waals surface area (Å²) in [6.07, 6.45) is 0. The van der Waals surface area contributed by atoms with Crippen molar-refractivity contribution >= 4 is 20.0 Å². The first kappa shape index (κ1) is 15.1. The van der Waals surface area contributed by atoms with Crippen LogP contribution in [0, 0.1) is 0 Å². The molecular formula is C10H15O5Ta. The number of carbonyl (C=O) groups excluding carboxylic acids is 5. The molecule has 0 aromatic carbocycles. The third-order valence-corrected chi connectivity index (χ3v) is 25.8. The minimum absolute atomic E-state index is 0.828. The van der Waals surface area contributed by atoms with Crippen LogP contribution >= 0.6 is 0 Å². The summed E-state index contributed by atoms with van der Waals surface area (Å²) in [5.41, 5.74) is 0. The Morgan fingerprint density at radius 2 is 0.625 bits per heavy atom. The van der Waals surface area contributed by atoms with Crippen molar-refractivity contribution in [1.29, 1.82) is 0 Å². The van der Waals surface area contributed by atoms with Crippen LogP contribution in [0.1, 0.15) is 34.6 Å². The molecule has 6 heteroatoms. The van der Waals surface area contributed by atoms with Crippen LogP contribution in [0.15, 0.2) is 0 Å². The van der Waals surface area contributed by atoms with Gasteiger partial charge in [0.25, 0.3) is 0 Å². The van der Waals surface area contributed by atoms with Crippen LogP contribution in [0.25, 0.3) is 0 Å². The second-order valence-electron chi connectivity index (χ2n) is 3.71. The number of hydrogen-bond acceptors (Lipinski definition) is 5. The van der Waals surface area contributed by atoms with E-state index in [2.05, 4.69) is 0 Å². The zero-order valence-corrected chi connectivity index (χ0v) is 13.2. The van der Waals surface area contributed by atoms with Gasteiger partial charge in [-0.2, -0.15) is 0 Å². The first-order valence-electron chi connectivity index (χ1n) is 4.64. The Hall–Kier alpha value is -0.910. The second kappa shape index (κ2) is 4.16. The standard InChI is InChI=1S/5C2H3O.Ta/c5*1-2-3;/h5*1H3;. The van der Waals surface area contributed by atoms with Gasteiger partial charge in [-0.15, -0.1) is 0 Å². The molecule has 0 saturated carbocycles. The summed E-state index contributed by atoms with van der Waals surface area (Å²) < 4.78 is -4.14. The van der Waals surface area contributed by atoms with E-state index in [1.807, 2.05) is 0 Å². The topological polar surface area (TPSA) is 85.3 Å². The van der Waals surface area contributed by atoms with Crippen LogP contribution in [-0.4, -0.2) is 20.0 Å². The van der Waals surface area contributed by atoms with Crippen molar-refractivity contribution in [2.45, 2.75) is 34.6 Å². The Labute approximate surface area is 94.5 Å². The third kappa shape index (κ3) is 1.25. The van der Waals surface area contributed by atoms with Crippen molar-refractivity contribution in [1.82, 2.24) is 0 Å². The molecule has 0 radical (unpaired) electrons. The molecule has 0 aliphatic carbocycles. The summed E-state index contributed by atoms with van der Waals surface area (Å²) in [5, 5.41) is 0. The van der Waals surface area contributed by atoms with Crippen molar-refractivity contribution in [3.63, 3.8) is 0 Å². The fourth-order valence-corrected chi connectivity index (χ4v) is 18.1. The molecule has 0 rings (SSSR count). The van der Waals surface area contributed by atoms with Gasteiger partial charge in [0.15, 0.2) is 0 Å². The molecule has 0 aromatic rings. The van der Waals surface area contributed by atoms with Gasteiger partial charge in [-0.25, -0.2) is 0 Å². The summed E-state index contributed by atoms with van der Waals surface area (Å²) in [6.45, 7) is 4.99. The van der Waals surface area contributed by atoms with E-state index in [1.165, 1.54) is 0 Å². The van der Waals surface area contributed by atoms with E-state index >= 15 is 0 Å². The van der Waals surface area contributed by atoms with Crippen LogP contribution in [0.4, 0.5) is 0 Å². The predicted molar refractivity (Wildman–Crippen MR) is 53.4 cm³/mol. The fraction of sp³-hybridized carbons (Fsp3) is 0.500. The summed E-state index contributed by atoms with van der Waals surface area (Å²) >= 11 is -6.04. The van der Waals surface area contributed by atoms with E-state index in [-0.39, 0.29) is 0 Å². The quantitative estimate of drug-likeness (QED) is 0.672. The maximum atomic E-state index is 11.8. The molecule has 0 unspecified atom stereocenters. The molecule has 0 amide bonds. The Balaban J connectivity index is 6.80. The molecular weight excluding hydrogens is 381 g/mol. The molecule has 0 aliphatic heterocycles. The molecule has 0 fully saturated rings. The summed E-state index contributed by atoms with van der Waals surface area (Å²) in [4.78, 5) is 58.8. The Bertz CT molecular complexity index is 322. The molecule has 0 N–H and O–H groups in total. The zero-order valence-electron chi connectivity index (χ0n) is 9.99. The molecule has 0 aromatic heterocycles. The molecule has 0 saturated heterocycles. The summed E-state index contributed by atoms with van der Waals surface area (Å²) in [7, 11) is 0. The maximum absolute atomic E-state index is 11.8. The van der Waals surface area contributed by atoms with Crippen molar-refractivity contribution in [2.75, 3.05) is 0 Å². The number of carbonyl (C=O) groups is 5. The number of hydrogen-bond donors (Lipinski definition) is 0. The van der Waals surface area contributed by atoms with Crippen LogP contribution in [0.3, 0.4) is 0 Å². The van der Waals surface area contributed by atoms with E-state index in [1.54, 1.807) is 0 Å². The van der Waals surface area contributed by atoms with E-state index < -0.39 is 35.8 Å². The second-order valence-corrected chi connectivity index (χ2v) is 23.1. The van der Waals surface area contributed by atoms with E-state index in [0.29, 0.717) is 0 Å². The molecule has 0 heterocycles. The van der Waals surface area contributed by atoms with E-state index in [4.69, 9.17) is 0 Å². The molecule has 0 spiro atoms. The average molecular weight is 396 g/mol. The third-order valence-electron chi connectivity index (χ3n) is 3.15. The van der Waals surface area contributed by atoms with E-state index in [9.17, 15) is 24.0 Å². The summed E-state index contributed by atoms with van der Waals surface area (Å²) in [6, 6.07) is 0. The van der Waals surface area contributed by atoms with Crippen molar-refractivity contribution < 1.29 is 39.8 Å². The van der Waals surface area contributed by atoms with Gasteiger partial charge in [0.2, 0.25) is 0 Å². The molecule has 0 bridgehead atoms. The molecule has 0 aliphatic rings. The molecule has 16 heavy (non-hydrogen) atoms. The average Bonchev–Trinajstić information content (AvgIpc) is 2.00. The van der Waals surface area contributed by atoms with Gasteiger partial charge in [0, 0.05) is 0 Å². The first-order valence-corrected chi connectivity index (χ1v) is 12.7.